The number of amides is 2. The van der Waals surface area contributed by atoms with Crippen molar-refractivity contribution in [1.82, 2.24) is 14.7 Å². The van der Waals surface area contributed by atoms with E-state index in [2.05, 4.69) is 41.3 Å². The van der Waals surface area contributed by atoms with Crippen molar-refractivity contribution in [3.05, 3.63) is 71.3 Å². The van der Waals surface area contributed by atoms with Crippen molar-refractivity contribution in [3.8, 4) is 0 Å². The van der Waals surface area contributed by atoms with Crippen LogP contribution in [0.2, 0.25) is 0 Å². The molecule has 0 spiro atoms. The summed E-state index contributed by atoms with van der Waals surface area (Å²) in [6, 6.07) is 18.7. The lowest BCUT2D eigenvalue weighted by Gasteiger charge is -2.39. The number of carbonyl (C=O) groups excluding carboxylic acids is 2. The van der Waals surface area contributed by atoms with Gasteiger partial charge in [0.15, 0.2) is 0 Å². The predicted octanol–water partition coefficient (Wildman–Crippen LogP) is 3.13. The average molecular weight is 420 g/mol. The van der Waals surface area contributed by atoms with Crippen LogP contribution in [0.4, 0.5) is 0 Å². The second kappa shape index (κ2) is 10.1. The first kappa shape index (κ1) is 21.6. The van der Waals surface area contributed by atoms with Gasteiger partial charge >= 0.3 is 0 Å². The van der Waals surface area contributed by atoms with Gasteiger partial charge in [0.25, 0.3) is 0 Å². The summed E-state index contributed by atoms with van der Waals surface area (Å²) < 4.78 is 0. The highest BCUT2D eigenvalue weighted by atomic mass is 16.2. The summed E-state index contributed by atoms with van der Waals surface area (Å²) in [6.07, 6.45) is 3.38. The second-order valence-electron chi connectivity index (χ2n) is 8.71. The SMILES string of the molecule is CC(C(=O)N1CCN(C(=O)CCCc2ccccc2)CC1)N1CCc2ccccc2C1. The molecule has 2 aromatic carbocycles. The van der Waals surface area contributed by atoms with Crippen LogP contribution < -0.4 is 0 Å². The first-order valence-electron chi connectivity index (χ1n) is 11.5. The minimum atomic E-state index is -0.124. The van der Waals surface area contributed by atoms with Gasteiger partial charge in [-0.2, -0.15) is 0 Å². The molecule has 2 heterocycles. The Bertz CT molecular complexity index is 891. The number of rotatable bonds is 6. The standard InChI is InChI=1S/C26H33N3O2/c1-21(29-15-14-23-11-5-6-12-24(23)20-29)26(31)28-18-16-27(17-19-28)25(30)13-7-10-22-8-3-2-4-9-22/h2-6,8-9,11-12,21H,7,10,13-20H2,1H3. The molecule has 164 valence electrons. The summed E-state index contributed by atoms with van der Waals surface area (Å²) >= 11 is 0. The number of piperazine rings is 1. The summed E-state index contributed by atoms with van der Waals surface area (Å²) in [4.78, 5) is 31.8. The molecular weight excluding hydrogens is 386 g/mol. The molecule has 31 heavy (non-hydrogen) atoms. The van der Waals surface area contributed by atoms with E-state index in [1.54, 1.807) is 0 Å². The molecule has 2 aliphatic heterocycles. The zero-order chi connectivity index (χ0) is 21.6. The number of nitrogens with zero attached hydrogens (tertiary/aromatic N) is 3. The number of carbonyl (C=O) groups is 2. The largest absolute Gasteiger partial charge is 0.339 e. The smallest absolute Gasteiger partial charge is 0.239 e. The monoisotopic (exact) mass is 419 g/mol. The Hall–Kier alpha value is -2.66. The van der Waals surface area contributed by atoms with Crippen molar-refractivity contribution in [1.29, 1.82) is 0 Å². The minimum Gasteiger partial charge on any atom is -0.339 e. The molecule has 1 unspecified atom stereocenters. The van der Waals surface area contributed by atoms with Crippen molar-refractivity contribution < 1.29 is 9.59 Å². The van der Waals surface area contributed by atoms with Gasteiger partial charge in [-0.1, -0.05) is 54.6 Å². The first-order valence-corrected chi connectivity index (χ1v) is 11.5. The van der Waals surface area contributed by atoms with E-state index in [1.807, 2.05) is 34.9 Å². The zero-order valence-electron chi connectivity index (χ0n) is 18.5. The topological polar surface area (TPSA) is 43.9 Å². The van der Waals surface area contributed by atoms with Gasteiger partial charge in [-0.05, 0) is 42.9 Å². The fourth-order valence-corrected chi connectivity index (χ4v) is 4.69. The van der Waals surface area contributed by atoms with Crippen LogP contribution in [0.1, 0.15) is 36.5 Å². The number of benzene rings is 2. The van der Waals surface area contributed by atoms with Crippen LogP contribution in [0, 0.1) is 0 Å². The average Bonchev–Trinajstić information content (AvgIpc) is 2.83. The van der Waals surface area contributed by atoms with Crippen molar-refractivity contribution in [2.45, 2.75) is 45.2 Å². The van der Waals surface area contributed by atoms with E-state index in [1.165, 1.54) is 16.7 Å². The Kier molecular flexibility index (Phi) is 7.03. The van der Waals surface area contributed by atoms with E-state index >= 15 is 0 Å². The molecule has 0 radical (unpaired) electrons. The maximum atomic E-state index is 13.1. The van der Waals surface area contributed by atoms with Crippen molar-refractivity contribution in [2.24, 2.45) is 0 Å². The summed E-state index contributed by atoms with van der Waals surface area (Å²) in [6.45, 7) is 6.34. The third kappa shape index (κ3) is 5.34. The van der Waals surface area contributed by atoms with Gasteiger partial charge in [-0.25, -0.2) is 0 Å². The maximum Gasteiger partial charge on any atom is 0.239 e. The molecule has 5 heteroatoms. The minimum absolute atomic E-state index is 0.124. The van der Waals surface area contributed by atoms with Gasteiger partial charge in [0.2, 0.25) is 11.8 Å². The Morgan fingerprint density at radius 2 is 1.48 bits per heavy atom. The van der Waals surface area contributed by atoms with Gasteiger partial charge in [-0.3, -0.25) is 14.5 Å². The van der Waals surface area contributed by atoms with Crippen LogP contribution in [-0.2, 0) is 29.0 Å². The van der Waals surface area contributed by atoms with E-state index < -0.39 is 0 Å². The van der Waals surface area contributed by atoms with Crippen LogP contribution >= 0.6 is 0 Å². The second-order valence-corrected chi connectivity index (χ2v) is 8.71. The van der Waals surface area contributed by atoms with Gasteiger partial charge in [0, 0.05) is 45.7 Å². The third-order valence-electron chi connectivity index (χ3n) is 6.71. The molecule has 1 saturated heterocycles. The van der Waals surface area contributed by atoms with E-state index in [4.69, 9.17) is 0 Å². The zero-order valence-corrected chi connectivity index (χ0v) is 18.5. The molecule has 2 aromatic rings. The Balaban J connectivity index is 1.22. The molecule has 0 N–H and O–H groups in total. The lowest BCUT2D eigenvalue weighted by atomic mass is 9.98. The van der Waals surface area contributed by atoms with Gasteiger partial charge in [-0.15, -0.1) is 0 Å². The highest BCUT2D eigenvalue weighted by Crippen LogP contribution is 2.21. The first-order chi connectivity index (χ1) is 15.1. The third-order valence-corrected chi connectivity index (χ3v) is 6.71. The van der Waals surface area contributed by atoms with Crippen molar-refractivity contribution >= 4 is 11.8 Å². The molecule has 0 aromatic heterocycles. The Morgan fingerprint density at radius 3 is 2.23 bits per heavy atom. The number of fused-ring (bicyclic) bond motifs is 1. The molecule has 2 amide bonds. The molecule has 1 fully saturated rings. The maximum absolute atomic E-state index is 13.1. The van der Waals surface area contributed by atoms with Crippen molar-refractivity contribution in [3.63, 3.8) is 0 Å². The van der Waals surface area contributed by atoms with E-state index in [-0.39, 0.29) is 17.9 Å². The highest BCUT2D eigenvalue weighted by Gasteiger charge is 2.31. The fraction of sp³-hybridized carbons (Fsp3) is 0.462. The number of hydrogen-bond donors (Lipinski definition) is 0. The summed E-state index contributed by atoms with van der Waals surface area (Å²) in [5, 5.41) is 0. The molecular formula is C26H33N3O2. The Labute approximate surface area is 185 Å². The normalized spacial score (nSPS) is 17.8. The van der Waals surface area contributed by atoms with Crippen LogP contribution in [-0.4, -0.2) is 65.3 Å². The highest BCUT2D eigenvalue weighted by molar-refractivity contribution is 5.82. The molecule has 1 atom stereocenters. The fourth-order valence-electron chi connectivity index (χ4n) is 4.69. The molecule has 0 saturated carbocycles. The molecule has 0 aliphatic carbocycles. The molecule has 4 rings (SSSR count). The summed E-state index contributed by atoms with van der Waals surface area (Å²) in [5.41, 5.74) is 4.01. The van der Waals surface area contributed by atoms with Crippen molar-refractivity contribution in [2.75, 3.05) is 32.7 Å². The van der Waals surface area contributed by atoms with E-state index in [0.717, 1.165) is 32.4 Å². The molecule has 5 nitrogen and oxygen atoms in total. The Morgan fingerprint density at radius 1 is 0.839 bits per heavy atom. The lowest BCUT2D eigenvalue weighted by Crippen LogP contribution is -2.55. The predicted molar refractivity (Wildman–Crippen MR) is 123 cm³/mol. The van der Waals surface area contributed by atoms with Crippen LogP contribution in [0.5, 0.6) is 0 Å². The number of aryl methyl sites for hydroxylation is 1. The van der Waals surface area contributed by atoms with Gasteiger partial charge in [0.05, 0.1) is 6.04 Å². The lowest BCUT2D eigenvalue weighted by molar-refractivity contribution is -0.143. The molecule has 2 aliphatic rings. The van der Waals surface area contributed by atoms with Gasteiger partial charge in [0.1, 0.15) is 0 Å². The quantitative estimate of drug-likeness (QED) is 0.723. The van der Waals surface area contributed by atoms with Crippen LogP contribution in [0.15, 0.2) is 54.6 Å². The van der Waals surface area contributed by atoms with Crippen LogP contribution in [0.25, 0.3) is 0 Å². The summed E-state index contributed by atoms with van der Waals surface area (Å²) in [5.74, 6) is 0.402. The van der Waals surface area contributed by atoms with Gasteiger partial charge < -0.3 is 9.80 Å². The van der Waals surface area contributed by atoms with E-state index in [9.17, 15) is 9.59 Å². The van der Waals surface area contributed by atoms with E-state index in [0.29, 0.717) is 32.6 Å². The molecule has 0 bridgehead atoms. The summed E-state index contributed by atoms with van der Waals surface area (Å²) in [7, 11) is 0. The van der Waals surface area contributed by atoms with Crippen LogP contribution in [0.3, 0.4) is 0 Å². The number of hydrogen-bond acceptors (Lipinski definition) is 3.